The topological polar surface area (TPSA) is 101 Å². The minimum Gasteiger partial charge on any atom is -0.480 e. The Bertz CT molecular complexity index is 678. The molecule has 1 aromatic rings. The number of nitrogens with zero attached hydrogens (tertiary/aromatic N) is 2. The molecule has 1 aromatic carbocycles. The van der Waals surface area contributed by atoms with Crippen molar-refractivity contribution in [2.45, 2.75) is 26.1 Å². The molecule has 0 saturated carbocycles. The molecular formula is C13H12ClF3N2O5. The van der Waals surface area contributed by atoms with Crippen LogP contribution in [0.15, 0.2) is 18.2 Å². The number of nitro groups is 1. The number of rotatable bonds is 5. The number of hydrogen-bond donors (Lipinski definition) is 1. The van der Waals surface area contributed by atoms with E-state index >= 15 is 0 Å². The van der Waals surface area contributed by atoms with E-state index in [2.05, 4.69) is 0 Å². The van der Waals surface area contributed by atoms with E-state index in [9.17, 15) is 38.0 Å². The van der Waals surface area contributed by atoms with Crippen molar-refractivity contribution in [2.75, 3.05) is 4.90 Å². The normalized spacial score (nSPS) is 12.8. The molecule has 0 aliphatic carbocycles. The highest BCUT2D eigenvalue weighted by Crippen LogP contribution is 2.36. The molecule has 1 amide bonds. The van der Waals surface area contributed by atoms with Crippen molar-refractivity contribution in [3.05, 3.63) is 33.3 Å². The Kier molecular flexibility index (Phi) is 5.77. The van der Waals surface area contributed by atoms with E-state index in [4.69, 9.17) is 11.6 Å². The van der Waals surface area contributed by atoms with Crippen molar-refractivity contribution >= 4 is 34.9 Å². The van der Waals surface area contributed by atoms with Crippen LogP contribution in [0.25, 0.3) is 0 Å². The number of alkyl halides is 3. The van der Waals surface area contributed by atoms with Gasteiger partial charge in [-0.3, -0.25) is 19.8 Å². The Morgan fingerprint density at radius 2 is 1.88 bits per heavy atom. The van der Waals surface area contributed by atoms with Gasteiger partial charge in [-0.05, 0) is 18.1 Å². The largest absolute Gasteiger partial charge is 0.480 e. The molecule has 0 aliphatic rings. The van der Waals surface area contributed by atoms with E-state index < -0.39 is 46.3 Å². The fraction of sp³-hybridized carbons (Fsp3) is 0.385. The van der Waals surface area contributed by atoms with E-state index in [1.54, 1.807) is 0 Å². The summed E-state index contributed by atoms with van der Waals surface area (Å²) in [4.78, 5) is 33.1. The van der Waals surface area contributed by atoms with E-state index in [1.807, 2.05) is 0 Å². The summed E-state index contributed by atoms with van der Waals surface area (Å²) >= 11 is 5.66. The summed E-state index contributed by atoms with van der Waals surface area (Å²) in [5, 5.41) is 20.1. The molecule has 11 heteroatoms. The lowest BCUT2D eigenvalue weighted by atomic mass is 10.0. The van der Waals surface area contributed by atoms with Crippen molar-refractivity contribution in [3.63, 3.8) is 0 Å². The number of amides is 1. The van der Waals surface area contributed by atoms with Crippen molar-refractivity contribution in [1.29, 1.82) is 0 Å². The Hall–Kier alpha value is -2.36. The standard InChI is InChI=1S/C13H12ClF3N2O5/c1-6(2)10(11(20)21)18(12(22)13(15,16)17)9-5-7(14)3-4-8(9)19(23)24/h3-6,10H,1-2H3,(H,20,21). The molecule has 1 rings (SSSR count). The van der Waals surface area contributed by atoms with Crippen LogP contribution in [0, 0.1) is 16.0 Å². The number of carboxylic acids is 1. The highest BCUT2D eigenvalue weighted by molar-refractivity contribution is 6.31. The third-order valence-electron chi connectivity index (χ3n) is 3.02. The summed E-state index contributed by atoms with van der Waals surface area (Å²) in [7, 11) is 0. The van der Waals surface area contributed by atoms with Gasteiger partial charge in [0.1, 0.15) is 11.7 Å². The molecule has 0 radical (unpaired) electrons. The molecule has 1 N–H and O–H groups in total. The number of carbonyl (C=O) groups is 2. The quantitative estimate of drug-likeness (QED) is 0.635. The summed E-state index contributed by atoms with van der Waals surface area (Å²) in [6.07, 6.45) is -5.43. The first kappa shape index (κ1) is 19.7. The van der Waals surface area contributed by atoms with Crippen molar-refractivity contribution in [1.82, 2.24) is 0 Å². The molecule has 0 aliphatic heterocycles. The minimum atomic E-state index is -5.43. The summed E-state index contributed by atoms with van der Waals surface area (Å²) in [6.45, 7) is 2.54. The second-order valence-corrected chi connectivity index (χ2v) is 5.53. The van der Waals surface area contributed by atoms with Gasteiger partial charge in [-0.15, -0.1) is 0 Å². The number of hydrogen-bond acceptors (Lipinski definition) is 4. The average Bonchev–Trinajstić information content (AvgIpc) is 2.41. The van der Waals surface area contributed by atoms with Crippen molar-refractivity contribution < 1.29 is 32.8 Å². The molecule has 24 heavy (non-hydrogen) atoms. The predicted molar refractivity (Wildman–Crippen MR) is 77.9 cm³/mol. The van der Waals surface area contributed by atoms with Gasteiger partial charge in [0.15, 0.2) is 0 Å². The maximum Gasteiger partial charge on any atom is 0.471 e. The zero-order valence-corrected chi connectivity index (χ0v) is 13.1. The average molecular weight is 369 g/mol. The van der Waals surface area contributed by atoms with E-state index in [0.717, 1.165) is 18.2 Å². The number of nitro benzene ring substituents is 1. The molecule has 0 bridgehead atoms. The molecule has 0 heterocycles. The summed E-state index contributed by atoms with van der Waals surface area (Å²) in [6, 6.07) is 0.621. The Morgan fingerprint density at radius 1 is 1.33 bits per heavy atom. The third kappa shape index (κ3) is 4.13. The lowest BCUT2D eigenvalue weighted by molar-refractivity contribution is -0.384. The SMILES string of the molecule is CC(C)C(C(=O)O)N(C(=O)C(F)(F)F)c1cc(Cl)ccc1[N+](=O)[O-]. The molecule has 132 valence electrons. The monoisotopic (exact) mass is 368 g/mol. The van der Waals surface area contributed by atoms with Crippen LogP contribution in [0.2, 0.25) is 5.02 Å². The number of benzene rings is 1. The smallest absolute Gasteiger partial charge is 0.471 e. The fourth-order valence-corrected chi connectivity index (χ4v) is 2.23. The fourth-order valence-electron chi connectivity index (χ4n) is 2.06. The number of carbonyl (C=O) groups excluding carboxylic acids is 1. The van der Waals surface area contributed by atoms with Gasteiger partial charge in [-0.1, -0.05) is 25.4 Å². The molecule has 0 spiro atoms. The lowest BCUT2D eigenvalue weighted by Gasteiger charge is -2.31. The highest BCUT2D eigenvalue weighted by Gasteiger charge is 2.49. The molecule has 1 atom stereocenters. The van der Waals surface area contributed by atoms with Gasteiger partial charge in [-0.2, -0.15) is 13.2 Å². The van der Waals surface area contributed by atoms with Crippen LogP contribution in [0.4, 0.5) is 24.5 Å². The van der Waals surface area contributed by atoms with Crippen molar-refractivity contribution in [2.24, 2.45) is 5.92 Å². The Labute approximate surface area is 138 Å². The highest BCUT2D eigenvalue weighted by atomic mass is 35.5. The molecular weight excluding hydrogens is 357 g/mol. The number of carboxylic acid groups (broad SMARTS) is 1. The second kappa shape index (κ2) is 7.04. The van der Waals surface area contributed by atoms with Gasteiger partial charge < -0.3 is 5.11 Å². The Morgan fingerprint density at radius 3 is 2.25 bits per heavy atom. The molecule has 0 saturated heterocycles. The van der Waals surface area contributed by atoms with Crippen LogP contribution in [-0.2, 0) is 9.59 Å². The first-order valence-corrected chi connectivity index (χ1v) is 6.82. The van der Waals surface area contributed by atoms with E-state index in [0.29, 0.717) is 0 Å². The summed E-state index contributed by atoms with van der Waals surface area (Å²) in [5.74, 6) is -5.24. The first-order valence-electron chi connectivity index (χ1n) is 6.45. The first-order chi connectivity index (χ1) is 10.9. The Balaban J connectivity index is 3.72. The van der Waals surface area contributed by atoms with Crippen LogP contribution in [0.5, 0.6) is 0 Å². The van der Waals surface area contributed by atoms with Gasteiger partial charge in [-0.25, -0.2) is 4.79 Å². The van der Waals surface area contributed by atoms with Crippen LogP contribution in [0.1, 0.15) is 13.8 Å². The van der Waals surface area contributed by atoms with E-state index in [1.165, 1.54) is 13.8 Å². The van der Waals surface area contributed by atoms with Crippen LogP contribution in [0.3, 0.4) is 0 Å². The molecule has 7 nitrogen and oxygen atoms in total. The minimum absolute atomic E-state index is 0.142. The van der Waals surface area contributed by atoms with Gasteiger partial charge in [0.05, 0.1) is 4.92 Å². The molecule has 0 fully saturated rings. The van der Waals surface area contributed by atoms with Gasteiger partial charge >= 0.3 is 18.1 Å². The zero-order chi connectivity index (χ0) is 18.8. The summed E-state index contributed by atoms with van der Waals surface area (Å²) < 4.78 is 38.8. The maximum absolute atomic E-state index is 12.9. The number of aliphatic carboxylic acids is 1. The molecule has 1 unspecified atom stereocenters. The summed E-state index contributed by atoms with van der Waals surface area (Å²) in [5.41, 5.74) is -1.71. The van der Waals surface area contributed by atoms with Gasteiger partial charge in [0, 0.05) is 11.1 Å². The third-order valence-corrected chi connectivity index (χ3v) is 3.25. The van der Waals surface area contributed by atoms with Crippen molar-refractivity contribution in [3.8, 4) is 0 Å². The van der Waals surface area contributed by atoms with Crippen LogP contribution in [-0.4, -0.2) is 34.1 Å². The van der Waals surface area contributed by atoms with Gasteiger partial charge in [0.25, 0.3) is 5.69 Å². The maximum atomic E-state index is 12.9. The predicted octanol–water partition coefficient (Wildman–Crippen LogP) is 3.25. The van der Waals surface area contributed by atoms with Crippen LogP contribution < -0.4 is 4.90 Å². The van der Waals surface area contributed by atoms with Gasteiger partial charge in [0.2, 0.25) is 0 Å². The van der Waals surface area contributed by atoms with E-state index in [-0.39, 0.29) is 9.92 Å². The molecule has 0 aromatic heterocycles. The lowest BCUT2D eigenvalue weighted by Crippen LogP contribution is -2.53. The number of halogens is 4. The second-order valence-electron chi connectivity index (χ2n) is 5.09. The number of anilines is 1. The van der Waals surface area contributed by atoms with Crippen LogP contribution >= 0.6 is 11.6 Å². The zero-order valence-electron chi connectivity index (χ0n) is 12.4.